The lowest BCUT2D eigenvalue weighted by Crippen LogP contribution is -2.28. The van der Waals surface area contributed by atoms with E-state index in [0.717, 1.165) is 0 Å². The average Bonchev–Trinajstić information content (AvgIpc) is 2.50. The Morgan fingerprint density at radius 3 is 2.77 bits per heavy atom. The molecule has 0 fully saturated rings. The van der Waals surface area contributed by atoms with Crippen molar-refractivity contribution in [3.8, 4) is 17.6 Å². The average molecular weight is 337 g/mol. The highest BCUT2D eigenvalue weighted by Gasteiger charge is 2.19. The van der Waals surface area contributed by atoms with E-state index in [9.17, 15) is 4.79 Å². The van der Waals surface area contributed by atoms with Crippen LogP contribution in [0.4, 0.5) is 0 Å². The summed E-state index contributed by atoms with van der Waals surface area (Å²) in [5, 5.41) is 9.08. The number of ether oxygens (including phenoxy) is 2. The molecule has 0 N–H and O–H groups in total. The number of hydrogen-bond acceptors (Lipinski definition) is 5. The maximum Gasteiger partial charge on any atom is 0.352 e. The van der Waals surface area contributed by atoms with Crippen molar-refractivity contribution in [3.05, 3.63) is 52.3 Å². The SMILES string of the molecule is CC(Oc1ccc(Cl)nc1Cl)C(=O)Oc1cccc(C#N)c1. The van der Waals surface area contributed by atoms with Crippen LogP contribution in [0.2, 0.25) is 10.3 Å². The van der Waals surface area contributed by atoms with Gasteiger partial charge in [0.25, 0.3) is 0 Å². The van der Waals surface area contributed by atoms with Crippen molar-refractivity contribution in [2.45, 2.75) is 13.0 Å². The van der Waals surface area contributed by atoms with Gasteiger partial charge in [-0.05, 0) is 37.3 Å². The van der Waals surface area contributed by atoms with Crippen LogP contribution >= 0.6 is 23.2 Å². The molecule has 0 aliphatic carbocycles. The zero-order valence-corrected chi connectivity index (χ0v) is 12.9. The molecular formula is C15H10Cl2N2O3. The van der Waals surface area contributed by atoms with E-state index in [2.05, 4.69) is 4.98 Å². The summed E-state index contributed by atoms with van der Waals surface area (Å²) >= 11 is 11.6. The molecular weight excluding hydrogens is 327 g/mol. The van der Waals surface area contributed by atoms with Crippen molar-refractivity contribution < 1.29 is 14.3 Å². The summed E-state index contributed by atoms with van der Waals surface area (Å²) in [6.07, 6.45) is -0.911. The molecule has 0 amide bonds. The van der Waals surface area contributed by atoms with E-state index in [-0.39, 0.29) is 21.8 Å². The Balaban J connectivity index is 2.04. The first-order valence-corrected chi connectivity index (χ1v) is 6.95. The zero-order chi connectivity index (χ0) is 16.1. The van der Waals surface area contributed by atoms with Crippen molar-refractivity contribution in [2.75, 3.05) is 0 Å². The minimum Gasteiger partial charge on any atom is -0.476 e. The number of pyridine rings is 1. The minimum absolute atomic E-state index is 0.0543. The molecule has 5 nitrogen and oxygen atoms in total. The van der Waals surface area contributed by atoms with Crippen molar-refractivity contribution in [1.82, 2.24) is 4.98 Å². The van der Waals surface area contributed by atoms with Gasteiger partial charge in [-0.1, -0.05) is 29.3 Å². The first-order chi connectivity index (χ1) is 10.5. The summed E-state index contributed by atoms with van der Waals surface area (Å²) < 4.78 is 10.5. The number of aromatic nitrogens is 1. The third-order valence-corrected chi connectivity index (χ3v) is 3.08. The van der Waals surface area contributed by atoms with Gasteiger partial charge >= 0.3 is 5.97 Å². The highest BCUT2D eigenvalue weighted by molar-refractivity contribution is 6.33. The number of carbonyl (C=O) groups excluding carboxylic acids is 1. The molecule has 0 saturated carbocycles. The third-order valence-electron chi connectivity index (χ3n) is 2.60. The number of esters is 1. The van der Waals surface area contributed by atoms with E-state index in [0.29, 0.717) is 5.56 Å². The van der Waals surface area contributed by atoms with Crippen LogP contribution in [-0.4, -0.2) is 17.1 Å². The normalized spacial score (nSPS) is 11.4. The summed E-state index contributed by atoms with van der Waals surface area (Å²) in [5.41, 5.74) is 0.392. The van der Waals surface area contributed by atoms with Crippen LogP contribution in [0, 0.1) is 11.3 Å². The van der Waals surface area contributed by atoms with Gasteiger partial charge < -0.3 is 9.47 Å². The van der Waals surface area contributed by atoms with E-state index >= 15 is 0 Å². The Morgan fingerprint density at radius 1 is 1.32 bits per heavy atom. The maximum absolute atomic E-state index is 12.0. The molecule has 1 aromatic heterocycles. The quantitative estimate of drug-likeness (QED) is 0.484. The van der Waals surface area contributed by atoms with Gasteiger partial charge in [0.05, 0.1) is 11.6 Å². The molecule has 22 heavy (non-hydrogen) atoms. The van der Waals surface area contributed by atoms with Gasteiger partial charge in [0.2, 0.25) is 0 Å². The lowest BCUT2D eigenvalue weighted by molar-refractivity contribution is -0.141. The van der Waals surface area contributed by atoms with Crippen LogP contribution < -0.4 is 9.47 Å². The molecule has 0 radical (unpaired) electrons. The standard InChI is InChI=1S/C15H10Cl2N2O3/c1-9(21-12-5-6-13(16)19-14(12)17)15(20)22-11-4-2-3-10(7-11)8-18/h2-7,9H,1H3. The number of nitriles is 1. The van der Waals surface area contributed by atoms with E-state index < -0.39 is 12.1 Å². The summed E-state index contributed by atoms with van der Waals surface area (Å²) in [5.74, 6) is -0.137. The Kier molecular flexibility index (Phi) is 5.21. The monoisotopic (exact) mass is 336 g/mol. The van der Waals surface area contributed by atoms with E-state index in [4.69, 9.17) is 37.9 Å². The minimum atomic E-state index is -0.911. The van der Waals surface area contributed by atoms with Crippen LogP contribution in [0.5, 0.6) is 11.5 Å². The smallest absolute Gasteiger partial charge is 0.352 e. The number of benzene rings is 1. The molecule has 2 aromatic rings. The molecule has 2 rings (SSSR count). The first-order valence-electron chi connectivity index (χ1n) is 6.20. The number of rotatable bonds is 4. The molecule has 0 spiro atoms. The van der Waals surface area contributed by atoms with Crippen molar-refractivity contribution >= 4 is 29.2 Å². The van der Waals surface area contributed by atoms with E-state index in [1.165, 1.54) is 25.1 Å². The maximum atomic E-state index is 12.0. The number of nitrogens with zero attached hydrogens (tertiary/aromatic N) is 2. The molecule has 1 atom stereocenters. The van der Waals surface area contributed by atoms with Gasteiger partial charge in [0.15, 0.2) is 17.0 Å². The van der Waals surface area contributed by atoms with E-state index in [1.54, 1.807) is 18.2 Å². The molecule has 0 saturated heterocycles. The van der Waals surface area contributed by atoms with Gasteiger partial charge in [-0.2, -0.15) is 5.26 Å². The fourth-order valence-corrected chi connectivity index (χ4v) is 1.94. The van der Waals surface area contributed by atoms with Gasteiger partial charge in [0.1, 0.15) is 10.9 Å². The Hall–Kier alpha value is -2.29. The van der Waals surface area contributed by atoms with Crippen LogP contribution in [0.3, 0.4) is 0 Å². The van der Waals surface area contributed by atoms with Crippen molar-refractivity contribution in [2.24, 2.45) is 0 Å². The van der Waals surface area contributed by atoms with Crippen LogP contribution in [0.15, 0.2) is 36.4 Å². The van der Waals surface area contributed by atoms with Crippen molar-refractivity contribution in [3.63, 3.8) is 0 Å². The second kappa shape index (κ2) is 7.12. The molecule has 112 valence electrons. The summed E-state index contributed by atoms with van der Waals surface area (Å²) in [7, 11) is 0. The largest absolute Gasteiger partial charge is 0.476 e. The predicted octanol–water partition coefficient (Wildman–Crippen LogP) is 3.63. The summed E-state index contributed by atoms with van der Waals surface area (Å²) in [6, 6.07) is 11.2. The fourth-order valence-electron chi connectivity index (χ4n) is 1.55. The van der Waals surface area contributed by atoms with Crippen molar-refractivity contribution in [1.29, 1.82) is 5.26 Å². The highest BCUT2D eigenvalue weighted by Crippen LogP contribution is 2.25. The Morgan fingerprint density at radius 2 is 2.09 bits per heavy atom. The topological polar surface area (TPSA) is 72.2 Å². The third kappa shape index (κ3) is 4.10. The summed E-state index contributed by atoms with van der Waals surface area (Å²) in [6.45, 7) is 1.52. The van der Waals surface area contributed by atoms with Gasteiger partial charge in [-0.15, -0.1) is 0 Å². The summed E-state index contributed by atoms with van der Waals surface area (Å²) in [4.78, 5) is 15.8. The lowest BCUT2D eigenvalue weighted by Gasteiger charge is -2.14. The number of carbonyl (C=O) groups is 1. The second-order valence-corrected chi connectivity index (χ2v) is 4.99. The molecule has 0 aliphatic heterocycles. The van der Waals surface area contributed by atoms with Gasteiger partial charge in [-0.25, -0.2) is 9.78 Å². The number of hydrogen-bond donors (Lipinski definition) is 0. The Bertz CT molecular complexity index is 744. The predicted molar refractivity (Wildman–Crippen MR) is 81.1 cm³/mol. The molecule has 7 heteroatoms. The van der Waals surface area contributed by atoms with Crippen LogP contribution in [0.1, 0.15) is 12.5 Å². The highest BCUT2D eigenvalue weighted by atomic mass is 35.5. The number of halogens is 2. The van der Waals surface area contributed by atoms with E-state index in [1.807, 2.05) is 6.07 Å². The molecule has 1 unspecified atom stereocenters. The molecule has 0 bridgehead atoms. The fraction of sp³-hybridized carbons (Fsp3) is 0.133. The first kappa shape index (κ1) is 16.1. The zero-order valence-electron chi connectivity index (χ0n) is 11.4. The lowest BCUT2D eigenvalue weighted by atomic mass is 10.2. The van der Waals surface area contributed by atoms with Gasteiger partial charge in [0, 0.05) is 0 Å². The molecule has 1 aromatic carbocycles. The molecule has 0 aliphatic rings. The Labute approximate surface area is 137 Å². The molecule has 1 heterocycles. The van der Waals surface area contributed by atoms with Crippen LogP contribution in [0.25, 0.3) is 0 Å². The van der Waals surface area contributed by atoms with Gasteiger partial charge in [-0.3, -0.25) is 0 Å². The second-order valence-electron chi connectivity index (χ2n) is 4.24. The van der Waals surface area contributed by atoms with Crippen LogP contribution in [-0.2, 0) is 4.79 Å².